The van der Waals surface area contributed by atoms with Crippen molar-refractivity contribution in [1.29, 1.82) is 0 Å². The van der Waals surface area contributed by atoms with Gasteiger partial charge in [-0.2, -0.15) is 0 Å². The molecule has 0 saturated carbocycles. The highest BCUT2D eigenvalue weighted by Gasteiger charge is 2.31. The van der Waals surface area contributed by atoms with Gasteiger partial charge in [0.25, 0.3) is 0 Å². The van der Waals surface area contributed by atoms with E-state index in [4.69, 9.17) is 0 Å². The molecule has 0 spiro atoms. The minimum atomic E-state index is 0.628. The maximum absolute atomic E-state index is 4.11. The van der Waals surface area contributed by atoms with Gasteiger partial charge in [0.15, 0.2) is 0 Å². The lowest BCUT2D eigenvalue weighted by molar-refractivity contribution is 0.137. The smallest absolute Gasteiger partial charge is 0.115 e. The fourth-order valence-electron chi connectivity index (χ4n) is 2.92. The highest BCUT2D eigenvalue weighted by atomic mass is 15.2. The monoisotopic (exact) mass is 215 g/mol. The highest BCUT2D eigenvalue weighted by molar-refractivity contribution is 5.66. The maximum atomic E-state index is 4.11. The van der Waals surface area contributed by atoms with Crippen molar-refractivity contribution in [2.75, 3.05) is 7.05 Å². The molecule has 0 amide bonds. The quantitative estimate of drug-likeness (QED) is 0.718. The van der Waals surface area contributed by atoms with Gasteiger partial charge in [-0.15, -0.1) is 0 Å². The van der Waals surface area contributed by atoms with Crippen molar-refractivity contribution in [3.05, 3.63) is 30.4 Å². The predicted octanol–water partition coefficient (Wildman–Crippen LogP) is 2.12. The van der Waals surface area contributed by atoms with Crippen molar-refractivity contribution in [2.24, 2.45) is 0 Å². The maximum Gasteiger partial charge on any atom is 0.115 e. The van der Waals surface area contributed by atoms with E-state index >= 15 is 0 Å². The van der Waals surface area contributed by atoms with Crippen LogP contribution in [0.5, 0.6) is 0 Å². The largest absolute Gasteiger partial charge is 0.297 e. The van der Waals surface area contributed by atoms with Gasteiger partial charge in [0.1, 0.15) is 6.33 Å². The molecule has 1 fully saturated rings. The van der Waals surface area contributed by atoms with Crippen molar-refractivity contribution >= 4 is 5.57 Å². The van der Waals surface area contributed by atoms with Crippen LogP contribution in [-0.2, 0) is 0 Å². The molecule has 2 aliphatic rings. The van der Waals surface area contributed by atoms with Crippen LogP contribution in [-0.4, -0.2) is 34.0 Å². The highest BCUT2D eigenvalue weighted by Crippen LogP contribution is 2.35. The van der Waals surface area contributed by atoms with Crippen molar-refractivity contribution in [2.45, 2.75) is 37.8 Å². The fraction of sp³-hybridized carbons (Fsp3) is 0.538. The molecule has 1 aromatic rings. The van der Waals surface area contributed by atoms with Crippen LogP contribution in [0.3, 0.4) is 0 Å². The first-order valence-electron chi connectivity index (χ1n) is 6.02. The summed E-state index contributed by atoms with van der Waals surface area (Å²) in [6.45, 7) is 0. The summed E-state index contributed by atoms with van der Waals surface area (Å²) >= 11 is 0. The Hall–Kier alpha value is -1.22. The second-order valence-corrected chi connectivity index (χ2v) is 4.84. The summed E-state index contributed by atoms with van der Waals surface area (Å²) in [5.41, 5.74) is 2.64. The zero-order valence-electron chi connectivity index (χ0n) is 9.63. The molecule has 3 nitrogen and oxygen atoms in total. The summed E-state index contributed by atoms with van der Waals surface area (Å²) in [5.74, 6) is 0. The Morgan fingerprint density at radius 1 is 1.25 bits per heavy atom. The number of hydrogen-bond donors (Lipinski definition) is 0. The summed E-state index contributed by atoms with van der Waals surface area (Å²) in [4.78, 5) is 10.7. The topological polar surface area (TPSA) is 29.0 Å². The van der Waals surface area contributed by atoms with Gasteiger partial charge in [0.05, 0.1) is 0 Å². The molecular formula is C13H17N3. The molecule has 16 heavy (non-hydrogen) atoms. The van der Waals surface area contributed by atoms with Gasteiger partial charge in [0.2, 0.25) is 0 Å². The van der Waals surface area contributed by atoms with E-state index in [-0.39, 0.29) is 0 Å². The Balaban J connectivity index is 1.93. The lowest BCUT2D eigenvalue weighted by atomic mass is 9.84. The summed E-state index contributed by atoms with van der Waals surface area (Å²) in [5, 5.41) is 0. The number of nitrogens with zero attached hydrogens (tertiary/aromatic N) is 3. The number of piperidine rings is 1. The Kier molecular flexibility index (Phi) is 2.48. The Morgan fingerprint density at radius 2 is 2.06 bits per heavy atom. The Labute approximate surface area is 96.2 Å². The van der Waals surface area contributed by atoms with Gasteiger partial charge in [-0.05, 0) is 31.9 Å². The zero-order chi connectivity index (χ0) is 11.0. The van der Waals surface area contributed by atoms with E-state index in [0.29, 0.717) is 6.04 Å². The molecule has 3 heterocycles. The number of fused-ring (bicyclic) bond motifs is 2. The van der Waals surface area contributed by atoms with Crippen LogP contribution < -0.4 is 0 Å². The Morgan fingerprint density at radius 3 is 2.81 bits per heavy atom. The van der Waals surface area contributed by atoms with Crippen LogP contribution in [0.2, 0.25) is 0 Å². The minimum absolute atomic E-state index is 0.628. The average molecular weight is 215 g/mol. The standard InChI is InChI=1S/C13H17N3/c1-16-12-3-2-4-13(16)6-10(5-12)11-7-14-9-15-8-11/h5,7-9,12-13H,2-4,6H2,1H3. The molecular weight excluding hydrogens is 198 g/mol. The van der Waals surface area contributed by atoms with Gasteiger partial charge in [-0.1, -0.05) is 12.5 Å². The molecule has 0 radical (unpaired) electrons. The van der Waals surface area contributed by atoms with Crippen LogP contribution in [0.25, 0.3) is 5.57 Å². The summed E-state index contributed by atoms with van der Waals surface area (Å²) in [7, 11) is 2.25. The third-order valence-corrected chi connectivity index (χ3v) is 3.92. The van der Waals surface area contributed by atoms with E-state index in [1.807, 2.05) is 12.4 Å². The first kappa shape index (κ1) is 9.97. The molecule has 0 aliphatic carbocycles. The SMILES string of the molecule is CN1C2C=C(c3cncnc3)CC1CCC2. The molecule has 2 atom stereocenters. The van der Waals surface area contributed by atoms with Gasteiger partial charge in [-0.3, -0.25) is 4.90 Å². The van der Waals surface area contributed by atoms with E-state index < -0.39 is 0 Å². The molecule has 3 rings (SSSR count). The second kappa shape index (κ2) is 3.98. The molecule has 1 saturated heterocycles. The average Bonchev–Trinajstić information content (AvgIpc) is 2.30. The molecule has 84 valence electrons. The third kappa shape index (κ3) is 1.65. The van der Waals surface area contributed by atoms with Crippen LogP contribution >= 0.6 is 0 Å². The predicted molar refractivity (Wildman–Crippen MR) is 63.8 cm³/mol. The Bertz CT molecular complexity index is 399. The third-order valence-electron chi connectivity index (χ3n) is 3.92. The normalized spacial score (nSPS) is 29.9. The van der Waals surface area contributed by atoms with Crippen LogP contribution in [0.4, 0.5) is 0 Å². The van der Waals surface area contributed by atoms with Gasteiger partial charge >= 0.3 is 0 Å². The lowest BCUT2D eigenvalue weighted by Gasteiger charge is -2.42. The minimum Gasteiger partial charge on any atom is -0.297 e. The lowest BCUT2D eigenvalue weighted by Crippen LogP contribution is -2.45. The van der Waals surface area contributed by atoms with Crippen LogP contribution in [0.15, 0.2) is 24.8 Å². The van der Waals surface area contributed by atoms with Crippen molar-refractivity contribution in [1.82, 2.24) is 14.9 Å². The molecule has 1 aromatic heterocycles. The van der Waals surface area contributed by atoms with E-state index in [1.165, 1.54) is 30.4 Å². The summed E-state index contributed by atoms with van der Waals surface area (Å²) in [6, 6.07) is 1.35. The van der Waals surface area contributed by atoms with Gasteiger partial charge in [-0.25, -0.2) is 9.97 Å². The molecule has 2 aliphatic heterocycles. The summed E-state index contributed by atoms with van der Waals surface area (Å²) in [6.07, 6.45) is 13.0. The number of hydrogen-bond acceptors (Lipinski definition) is 3. The molecule has 0 aromatic carbocycles. The van der Waals surface area contributed by atoms with E-state index in [2.05, 4.69) is 28.0 Å². The van der Waals surface area contributed by atoms with E-state index in [1.54, 1.807) is 6.33 Å². The molecule has 3 heteroatoms. The first-order chi connectivity index (χ1) is 7.84. The number of rotatable bonds is 1. The summed E-state index contributed by atoms with van der Waals surface area (Å²) < 4.78 is 0. The van der Waals surface area contributed by atoms with Crippen molar-refractivity contribution in [3.63, 3.8) is 0 Å². The van der Waals surface area contributed by atoms with Gasteiger partial charge < -0.3 is 0 Å². The van der Waals surface area contributed by atoms with Gasteiger partial charge in [0, 0.05) is 30.0 Å². The first-order valence-corrected chi connectivity index (χ1v) is 6.02. The van der Waals surface area contributed by atoms with Crippen LogP contribution in [0.1, 0.15) is 31.2 Å². The van der Waals surface area contributed by atoms with Crippen molar-refractivity contribution in [3.8, 4) is 0 Å². The van der Waals surface area contributed by atoms with Crippen LogP contribution in [0, 0.1) is 0 Å². The molecule has 0 N–H and O–H groups in total. The van der Waals surface area contributed by atoms with E-state index in [0.717, 1.165) is 12.5 Å². The van der Waals surface area contributed by atoms with Crippen molar-refractivity contribution < 1.29 is 0 Å². The fourth-order valence-corrected chi connectivity index (χ4v) is 2.92. The number of aromatic nitrogens is 2. The molecule has 2 bridgehead atoms. The molecule has 2 unspecified atom stereocenters. The number of likely N-dealkylation sites (N-methyl/N-ethyl adjacent to an activating group) is 1. The second-order valence-electron chi connectivity index (χ2n) is 4.84. The zero-order valence-corrected chi connectivity index (χ0v) is 9.63. The van der Waals surface area contributed by atoms with E-state index in [9.17, 15) is 0 Å².